The molecule has 3 atom stereocenters. The maximum atomic E-state index is 14.9. The summed E-state index contributed by atoms with van der Waals surface area (Å²) in [7, 11) is 0. The first-order chi connectivity index (χ1) is 18.4. The SMILES string of the molecule is N#Cc1ccc(N2CC(C(=O)N3CCCC(c4ccc(Cl)cc4)NCC3)C(c3ccc(F)cc3F)C2)nn1. The lowest BCUT2D eigenvalue weighted by molar-refractivity contribution is -0.135. The van der Waals surface area contributed by atoms with Crippen molar-refractivity contribution in [2.24, 2.45) is 5.92 Å². The second-order valence-corrected chi connectivity index (χ2v) is 10.1. The summed E-state index contributed by atoms with van der Waals surface area (Å²) in [6.45, 7) is 2.37. The van der Waals surface area contributed by atoms with Crippen LogP contribution in [-0.2, 0) is 4.79 Å². The van der Waals surface area contributed by atoms with Gasteiger partial charge in [-0.25, -0.2) is 8.78 Å². The Kier molecular flexibility index (Phi) is 7.82. The second kappa shape index (κ2) is 11.4. The Bertz CT molecular complexity index is 1320. The maximum absolute atomic E-state index is 14.9. The van der Waals surface area contributed by atoms with Gasteiger partial charge in [-0.1, -0.05) is 29.8 Å². The number of rotatable bonds is 4. The molecule has 3 aromatic rings. The molecule has 2 aliphatic heterocycles. The first-order valence-electron chi connectivity index (χ1n) is 12.6. The molecular weight excluding hydrogens is 510 g/mol. The molecule has 0 spiro atoms. The normalized spacial score (nSPS) is 22.0. The van der Waals surface area contributed by atoms with Crippen molar-refractivity contribution >= 4 is 23.3 Å². The first kappa shape index (κ1) is 26.0. The molecule has 1 amide bonds. The van der Waals surface area contributed by atoms with Crippen molar-refractivity contribution in [1.82, 2.24) is 20.4 Å². The molecule has 7 nitrogen and oxygen atoms in total. The summed E-state index contributed by atoms with van der Waals surface area (Å²) < 4.78 is 28.6. The van der Waals surface area contributed by atoms with Crippen molar-refractivity contribution in [1.29, 1.82) is 5.26 Å². The van der Waals surface area contributed by atoms with E-state index in [0.29, 0.717) is 49.1 Å². The third kappa shape index (κ3) is 5.62. The van der Waals surface area contributed by atoms with Crippen LogP contribution in [0.5, 0.6) is 0 Å². The molecule has 2 fully saturated rings. The highest BCUT2D eigenvalue weighted by Gasteiger charge is 2.42. The number of hydrogen-bond donors (Lipinski definition) is 1. The highest BCUT2D eigenvalue weighted by atomic mass is 35.5. The van der Waals surface area contributed by atoms with Crippen molar-refractivity contribution in [2.75, 3.05) is 37.6 Å². The Morgan fingerprint density at radius 3 is 2.58 bits per heavy atom. The number of nitrogens with one attached hydrogen (secondary N) is 1. The van der Waals surface area contributed by atoms with Crippen molar-refractivity contribution in [2.45, 2.75) is 24.8 Å². The van der Waals surface area contributed by atoms with Gasteiger partial charge in [0.1, 0.15) is 17.7 Å². The number of nitrogens with zero attached hydrogens (tertiary/aromatic N) is 5. The van der Waals surface area contributed by atoms with Crippen LogP contribution in [0.15, 0.2) is 54.6 Å². The van der Waals surface area contributed by atoms with Gasteiger partial charge in [0, 0.05) is 55.8 Å². The third-order valence-corrected chi connectivity index (χ3v) is 7.62. The molecule has 0 saturated carbocycles. The summed E-state index contributed by atoms with van der Waals surface area (Å²) in [5, 5.41) is 21.3. The Hall–Kier alpha value is -3.61. The Morgan fingerprint density at radius 1 is 1.05 bits per heavy atom. The lowest BCUT2D eigenvalue weighted by atomic mass is 9.87. The minimum absolute atomic E-state index is 0.0606. The zero-order chi connectivity index (χ0) is 26.6. The summed E-state index contributed by atoms with van der Waals surface area (Å²) in [5.41, 5.74) is 1.66. The van der Waals surface area contributed by atoms with Crippen molar-refractivity contribution in [3.63, 3.8) is 0 Å². The van der Waals surface area contributed by atoms with Gasteiger partial charge in [0.05, 0.1) is 5.92 Å². The van der Waals surface area contributed by atoms with Crippen molar-refractivity contribution in [3.05, 3.63) is 88.1 Å². The molecule has 0 aliphatic carbocycles. The second-order valence-electron chi connectivity index (χ2n) is 9.70. The van der Waals surface area contributed by atoms with Gasteiger partial charge in [0.15, 0.2) is 11.5 Å². The Balaban J connectivity index is 1.34. The van der Waals surface area contributed by atoms with Gasteiger partial charge >= 0.3 is 0 Å². The number of amides is 1. The van der Waals surface area contributed by atoms with Crippen LogP contribution in [0.2, 0.25) is 5.02 Å². The minimum Gasteiger partial charge on any atom is -0.354 e. The fourth-order valence-electron chi connectivity index (χ4n) is 5.42. The zero-order valence-electron chi connectivity index (χ0n) is 20.7. The van der Waals surface area contributed by atoms with E-state index in [1.165, 1.54) is 12.1 Å². The monoisotopic (exact) mass is 536 g/mol. The predicted molar refractivity (Wildman–Crippen MR) is 140 cm³/mol. The van der Waals surface area contributed by atoms with E-state index < -0.39 is 23.5 Å². The molecule has 0 radical (unpaired) electrons. The fraction of sp³-hybridized carbons (Fsp3) is 0.357. The zero-order valence-corrected chi connectivity index (χ0v) is 21.4. The molecule has 3 heterocycles. The van der Waals surface area contributed by atoms with Gasteiger partial charge in [-0.15, -0.1) is 10.2 Å². The van der Waals surface area contributed by atoms with Crippen LogP contribution in [0, 0.1) is 28.9 Å². The molecular formula is C28H27ClF2N6O. The van der Waals surface area contributed by atoms with Gasteiger partial charge in [-0.3, -0.25) is 4.79 Å². The molecule has 2 aliphatic rings. The van der Waals surface area contributed by atoms with Crippen LogP contribution in [0.1, 0.15) is 41.6 Å². The number of benzene rings is 2. The summed E-state index contributed by atoms with van der Waals surface area (Å²) in [6, 6.07) is 16.7. The van der Waals surface area contributed by atoms with E-state index in [4.69, 9.17) is 16.9 Å². The number of carbonyl (C=O) groups is 1. The number of nitriles is 1. The highest BCUT2D eigenvalue weighted by molar-refractivity contribution is 6.30. The number of anilines is 1. The third-order valence-electron chi connectivity index (χ3n) is 7.37. The summed E-state index contributed by atoms with van der Waals surface area (Å²) in [5.74, 6) is -1.91. The van der Waals surface area contributed by atoms with E-state index in [2.05, 4.69) is 15.5 Å². The lowest BCUT2D eigenvalue weighted by Crippen LogP contribution is -2.45. The molecule has 3 unspecified atom stereocenters. The van der Waals surface area contributed by atoms with Crippen LogP contribution >= 0.6 is 11.6 Å². The summed E-state index contributed by atoms with van der Waals surface area (Å²) >= 11 is 6.03. The van der Waals surface area contributed by atoms with Crippen LogP contribution in [0.3, 0.4) is 0 Å². The maximum Gasteiger partial charge on any atom is 0.228 e. The summed E-state index contributed by atoms with van der Waals surface area (Å²) in [6.07, 6.45) is 1.66. The fourth-order valence-corrected chi connectivity index (χ4v) is 5.55. The lowest BCUT2D eigenvalue weighted by Gasteiger charge is -2.32. The number of carbonyl (C=O) groups excluding carboxylic acids is 1. The number of hydrogen-bond acceptors (Lipinski definition) is 6. The van der Waals surface area contributed by atoms with Crippen molar-refractivity contribution in [3.8, 4) is 6.07 Å². The van der Waals surface area contributed by atoms with E-state index in [1.54, 1.807) is 12.1 Å². The molecule has 1 aromatic heterocycles. The summed E-state index contributed by atoms with van der Waals surface area (Å²) in [4.78, 5) is 17.6. The van der Waals surface area contributed by atoms with Gasteiger partial charge in [0.25, 0.3) is 0 Å². The van der Waals surface area contributed by atoms with Gasteiger partial charge < -0.3 is 15.1 Å². The van der Waals surface area contributed by atoms with Crippen molar-refractivity contribution < 1.29 is 13.6 Å². The average molecular weight is 537 g/mol. The molecule has 2 saturated heterocycles. The molecule has 0 bridgehead atoms. The molecule has 10 heteroatoms. The van der Waals surface area contributed by atoms with E-state index in [1.807, 2.05) is 40.1 Å². The van der Waals surface area contributed by atoms with Crippen LogP contribution in [0.4, 0.5) is 14.6 Å². The van der Waals surface area contributed by atoms with E-state index in [9.17, 15) is 13.6 Å². The molecule has 5 rings (SSSR count). The number of aromatic nitrogens is 2. The van der Waals surface area contributed by atoms with Crippen LogP contribution in [0.25, 0.3) is 0 Å². The standard InChI is InChI=1S/C28H27ClF2N6O/c29-19-5-3-18(4-6-19)26-2-1-12-36(13-11-33-26)28(38)24-17-37(27-10-8-21(15-32)34-35-27)16-23(24)22-9-7-20(30)14-25(22)31/h3-10,14,23-24,26,33H,1-2,11-13,16-17H2. The Labute approximate surface area is 225 Å². The predicted octanol–water partition coefficient (Wildman–Crippen LogP) is 4.45. The largest absolute Gasteiger partial charge is 0.354 e. The number of halogens is 3. The quantitative estimate of drug-likeness (QED) is 0.530. The van der Waals surface area contributed by atoms with E-state index in [0.717, 1.165) is 24.5 Å². The van der Waals surface area contributed by atoms with Gasteiger partial charge in [-0.05, 0) is 54.3 Å². The molecule has 2 aromatic carbocycles. The average Bonchev–Trinajstić information content (AvgIpc) is 3.34. The van der Waals surface area contributed by atoms with Crippen LogP contribution in [-0.4, -0.2) is 53.7 Å². The minimum atomic E-state index is -0.666. The first-order valence-corrected chi connectivity index (χ1v) is 13.0. The topological polar surface area (TPSA) is 85.2 Å². The van der Waals surface area contributed by atoms with E-state index >= 15 is 0 Å². The van der Waals surface area contributed by atoms with Gasteiger partial charge in [0.2, 0.25) is 5.91 Å². The van der Waals surface area contributed by atoms with Crippen LogP contribution < -0.4 is 10.2 Å². The Morgan fingerprint density at radius 2 is 1.87 bits per heavy atom. The van der Waals surface area contributed by atoms with Gasteiger partial charge in [-0.2, -0.15) is 5.26 Å². The smallest absolute Gasteiger partial charge is 0.228 e. The molecule has 1 N–H and O–H groups in total. The molecule has 38 heavy (non-hydrogen) atoms. The molecule has 196 valence electrons. The highest BCUT2D eigenvalue weighted by Crippen LogP contribution is 2.37. The van der Waals surface area contributed by atoms with E-state index in [-0.39, 0.29) is 17.6 Å².